The minimum atomic E-state index is -0.124. The average molecular weight is 283 g/mol. The summed E-state index contributed by atoms with van der Waals surface area (Å²) in [5.74, 6) is 0.393. The summed E-state index contributed by atoms with van der Waals surface area (Å²) >= 11 is 0. The van der Waals surface area contributed by atoms with Gasteiger partial charge in [-0.15, -0.1) is 0 Å². The van der Waals surface area contributed by atoms with Crippen LogP contribution >= 0.6 is 0 Å². The largest absolute Gasteiger partial charge is 0.440 e. The van der Waals surface area contributed by atoms with Gasteiger partial charge in [0.1, 0.15) is 5.58 Å². The molecule has 0 saturated carbocycles. The van der Waals surface area contributed by atoms with E-state index in [0.717, 1.165) is 17.2 Å². The second kappa shape index (κ2) is 5.58. The molecule has 1 heterocycles. The van der Waals surface area contributed by atoms with E-state index in [-0.39, 0.29) is 18.1 Å². The van der Waals surface area contributed by atoms with Crippen molar-refractivity contribution in [1.29, 1.82) is 0 Å². The summed E-state index contributed by atoms with van der Waals surface area (Å²) in [7, 11) is 0. The smallest absolute Gasteiger partial charge is 0.197 e. The lowest BCUT2D eigenvalue weighted by molar-refractivity contribution is 0.270. The number of fused-ring (bicyclic) bond motifs is 3. The van der Waals surface area contributed by atoms with Crippen LogP contribution in [-0.4, -0.2) is 17.8 Å². The number of aliphatic hydroxyl groups is 1. The Kier molecular flexibility index (Phi) is 3.62. The van der Waals surface area contributed by atoms with E-state index in [4.69, 9.17) is 4.42 Å². The lowest BCUT2D eigenvalue weighted by atomic mass is 10.1. The van der Waals surface area contributed by atoms with Gasteiger partial charge in [0.15, 0.2) is 11.3 Å². The van der Waals surface area contributed by atoms with Gasteiger partial charge in [0.05, 0.1) is 18.0 Å². The van der Waals surface area contributed by atoms with Gasteiger partial charge in [-0.25, -0.2) is 0 Å². The van der Waals surface area contributed by atoms with Gasteiger partial charge < -0.3 is 14.8 Å². The third-order valence-electron chi connectivity index (χ3n) is 3.68. The van der Waals surface area contributed by atoms with Gasteiger partial charge in [-0.3, -0.25) is 4.79 Å². The Bertz CT molecular complexity index is 834. The van der Waals surface area contributed by atoms with Gasteiger partial charge in [0.25, 0.3) is 0 Å². The Hall–Kier alpha value is -2.33. The minimum absolute atomic E-state index is 0.00617. The number of anilines is 1. The molecule has 21 heavy (non-hydrogen) atoms. The lowest BCUT2D eigenvalue weighted by Gasteiger charge is -2.14. The third-order valence-corrected chi connectivity index (χ3v) is 3.68. The van der Waals surface area contributed by atoms with Crippen LogP contribution in [0.15, 0.2) is 51.7 Å². The zero-order valence-electron chi connectivity index (χ0n) is 11.8. The van der Waals surface area contributed by atoms with Gasteiger partial charge >= 0.3 is 0 Å². The number of nitrogens with one attached hydrogen (secondary N) is 1. The summed E-state index contributed by atoms with van der Waals surface area (Å²) in [6.45, 7) is 1.95. The highest BCUT2D eigenvalue weighted by Crippen LogP contribution is 2.25. The maximum absolute atomic E-state index is 12.2. The highest BCUT2D eigenvalue weighted by Gasteiger charge is 2.11. The topological polar surface area (TPSA) is 62.5 Å². The average Bonchev–Trinajstić information content (AvgIpc) is 2.52. The van der Waals surface area contributed by atoms with E-state index in [9.17, 15) is 9.90 Å². The molecule has 4 heteroatoms. The monoisotopic (exact) mass is 283 g/mol. The number of benzene rings is 2. The molecule has 0 radical (unpaired) electrons. The first-order chi connectivity index (χ1) is 10.2. The molecular weight excluding hydrogens is 266 g/mol. The van der Waals surface area contributed by atoms with Crippen LogP contribution in [-0.2, 0) is 0 Å². The second-order valence-corrected chi connectivity index (χ2v) is 5.07. The summed E-state index contributed by atoms with van der Waals surface area (Å²) in [5, 5.41) is 14.8. The highest BCUT2D eigenvalue weighted by atomic mass is 16.3. The lowest BCUT2D eigenvalue weighted by Crippen LogP contribution is -2.23. The molecule has 0 amide bonds. The van der Waals surface area contributed by atoms with Gasteiger partial charge in [-0.05, 0) is 17.9 Å². The van der Waals surface area contributed by atoms with E-state index >= 15 is 0 Å². The van der Waals surface area contributed by atoms with Crippen molar-refractivity contribution in [2.75, 3.05) is 11.9 Å². The highest BCUT2D eigenvalue weighted by molar-refractivity contribution is 6.04. The number of hydrogen-bond donors (Lipinski definition) is 2. The van der Waals surface area contributed by atoms with Crippen molar-refractivity contribution in [1.82, 2.24) is 0 Å². The summed E-state index contributed by atoms with van der Waals surface area (Å²) in [5.41, 5.74) is 0.494. The van der Waals surface area contributed by atoms with Crippen LogP contribution < -0.4 is 10.7 Å². The van der Waals surface area contributed by atoms with E-state index < -0.39 is 0 Å². The molecule has 0 saturated heterocycles. The first-order valence-electron chi connectivity index (χ1n) is 7.06. The Morgan fingerprint density at radius 2 is 2.00 bits per heavy atom. The normalized spacial score (nSPS) is 12.7. The summed E-state index contributed by atoms with van der Waals surface area (Å²) in [6.07, 6.45) is 0.744. The summed E-state index contributed by atoms with van der Waals surface area (Å²) < 4.78 is 5.87. The standard InChI is InChI=1S/C17H17NO3/c1-2-12(10-19)18-16-9-15(20)14-8-7-11-5-3-4-6-13(11)17(14)21-16/h3-9,12,18-19H,2,10H2,1H3. The van der Waals surface area contributed by atoms with Crippen molar-refractivity contribution in [3.8, 4) is 0 Å². The summed E-state index contributed by atoms with van der Waals surface area (Å²) in [6, 6.07) is 12.8. The predicted molar refractivity (Wildman–Crippen MR) is 84.8 cm³/mol. The molecule has 2 N–H and O–H groups in total. The molecule has 0 bridgehead atoms. The van der Waals surface area contributed by atoms with E-state index in [1.165, 1.54) is 6.07 Å². The maximum Gasteiger partial charge on any atom is 0.197 e. The Balaban J connectivity index is 2.21. The van der Waals surface area contributed by atoms with Crippen LogP contribution in [0.1, 0.15) is 13.3 Å². The molecule has 0 aliphatic carbocycles. The molecule has 0 aliphatic heterocycles. The van der Waals surface area contributed by atoms with Crippen LogP contribution in [0.5, 0.6) is 0 Å². The molecular formula is C17H17NO3. The fourth-order valence-corrected chi connectivity index (χ4v) is 2.43. The molecule has 0 fully saturated rings. The van der Waals surface area contributed by atoms with E-state index in [2.05, 4.69) is 5.32 Å². The molecule has 0 aliphatic rings. The van der Waals surface area contributed by atoms with Crippen LogP contribution in [0.4, 0.5) is 5.88 Å². The van der Waals surface area contributed by atoms with Crippen molar-refractivity contribution < 1.29 is 9.52 Å². The number of hydrogen-bond acceptors (Lipinski definition) is 4. The Labute approximate surface area is 122 Å². The maximum atomic E-state index is 12.2. The van der Waals surface area contributed by atoms with Crippen LogP contribution in [0.2, 0.25) is 0 Å². The number of aliphatic hydroxyl groups excluding tert-OH is 1. The van der Waals surface area contributed by atoms with E-state index in [1.807, 2.05) is 37.3 Å². The molecule has 3 rings (SSSR count). The molecule has 1 atom stereocenters. The fraction of sp³-hybridized carbons (Fsp3) is 0.235. The first-order valence-corrected chi connectivity index (χ1v) is 7.06. The Morgan fingerprint density at radius 1 is 1.19 bits per heavy atom. The Morgan fingerprint density at radius 3 is 2.76 bits per heavy atom. The van der Waals surface area contributed by atoms with Gasteiger partial charge in [0, 0.05) is 11.5 Å². The zero-order valence-corrected chi connectivity index (χ0v) is 11.8. The van der Waals surface area contributed by atoms with Crippen molar-refractivity contribution >= 4 is 27.6 Å². The van der Waals surface area contributed by atoms with Gasteiger partial charge in [-0.1, -0.05) is 37.3 Å². The van der Waals surface area contributed by atoms with Gasteiger partial charge in [-0.2, -0.15) is 0 Å². The third kappa shape index (κ3) is 2.50. The van der Waals surface area contributed by atoms with E-state index in [0.29, 0.717) is 16.9 Å². The molecule has 1 aromatic heterocycles. The van der Waals surface area contributed by atoms with Crippen molar-refractivity contribution in [2.45, 2.75) is 19.4 Å². The van der Waals surface area contributed by atoms with Crippen LogP contribution in [0.3, 0.4) is 0 Å². The van der Waals surface area contributed by atoms with Crippen molar-refractivity contribution in [2.24, 2.45) is 0 Å². The van der Waals surface area contributed by atoms with Crippen molar-refractivity contribution in [3.63, 3.8) is 0 Å². The number of rotatable bonds is 4. The molecule has 108 valence electrons. The quantitative estimate of drug-likeness (QED) is 0.722. The fourth-order valence-electron chi connectivity index (χ4n) is 2.43. The summed E-state index contributed by atoms with van der Waals surface area (Å²) in [4.78, 5) is 12.2. The second-order valence-electron chi connectivity index (χ2n) is 5.07. The van der Waals surface area contributed by atoms with Crippen molar-refractivity contribution in [3.05, 3.63) is 52.7 Å². The van der Waals surface area contributed by atoms with E-state index in [1.54, 1.807) is 6.07 Å². The molecule has 2 aromatic carbocycles. The molecule has 4 nitrogen and oxygen atoms in total. The minimum Gasteiger partial charge on any atom is -0.440 e. The molecule has 1 unspecified atom stereocenters. The first kappa shape index (κ1) is 13.6. The zero-order chi connectivity index (χ0) is 14.8. The van der Waals surface area contributed by atoms with Crippen LogP contribution in [0.25, 0.3) is 21.7 Å². The predicted octanol–water partition coefficient (Wildman–Crippen LogP) is 3.13. The molecule has 0 spiro atoms. The van der Waals surface area contributed by atoms with Crippen LogP contribution in [0, 0.1) is 0 Å². The SMILES string of the molecule is CCC(CO)Nc1cc(=O)c2ccc3ccccc3c2o1. The molecule has 3 aromatic rings. The van der Waals surface area contributed by atoms with Gasteiger partial charge in [0.2, 0.25) is 0 Å².